The summed E-state index contributed by atoms with van der Waals surface area (Å²) in [6.07, 6.45) is 1.55. The number of hydrogen-bond donors (Lipinski definition) is 1. The number of benzene rings is 2. The van der Waals surface area contributed by atoms with Gasteiger partial charge in [0.25, 0.3) is 0 Å². The zero-order valence-corrected chi connectivity index (χ0v) is 16.8. The lowest BCUT2D eigenvalue weighted by molar-refractivity contribution is 1.36. The summed E-state index contributed by atoms with van der Waals surface area (Å²) in [7, 11) is 0. The summed E-state index contributed by atoms with van der Waals surface area (Å²) in [4.78, 5) is 4.50. The third-order valence-electron chi connectivity index (χ3n) is 3.39. The molecule has 8 heteroatoms. The molecule has 0 saturated heterocycles. The Morgan fingerprint density at radius 1 is 1.12 bits per heavy atom. The Labute approximate surface area is 174 Å². The lowest BCUT2D eigenvalue weighted by Crippen LogP contribution is -1.92. The molecule has 0 radical (unpaired) electrons. The van der Waals surface area contributed by atoms with Gasteiger partial charge < -0.3 is 5.32 Å². The molecular weight excluding hydrogens is 432 g/mol. The molecule has 0 spiro atoms. The van der Waals surface area contributed by atoms with Crippen LogP contribution in [0.3, 0.4) is 0 Å². The Kier molecular flexibility index (Phi) is 6.08. The standard InChI is InChI=1S/C18H9Cl4N3S/c19-11-4-5-12(14(21)6-11)16-9-26-18(25-16)10(7-23)8-24-15-3-1-2-13(20)17(15)22/h1-6,8-9,24H/b10-8+. The maximum absolute atomic E-state index is 9.46. The summed E-state index contributed by atoms with van der Waals surface area (Å²) in [5.74, 6) is 0. The van der Waals surface area contributed by atoms with E-state index in [0.717, 1.165) is 5.56 Å². The lowest BCUT2D eigenvalue weighted by Gasteiger charge is -2.05. The minimum atomic E-state index is 0.363. The third kappa shape index (κ3) is 4.15. The van der Waals surface area contributed by atoms with Crippen LogP contribution in [0.15, 0.2) is 48.0 Å². The van der Waals surface area contributed by atoms with Gasteiger partial charge in [-0.25, -0.2) is 4.98 Å². The Bertz CT molecular complexity index is 1040. The van der Waals surface area contributed by atoms with Crippen LogP contribution in [0.25, 0.3) is 16.8 Å². The number of allylic oxidation sites excluding steroid dienone is 1. The second-order valence-corrected chi connectivity index (χ2v) is 7.56. The van der Waals surface area contributed by atoms with Crippen LogP contribution in [0.1, 0.15) is 5.01 Å². The highest BCUT2D eigenvalue weighted by molar-refractivity contribution is 7.11. The first kappa shape index (κ1) is 19.0. The lowest BCUT2D eigenvalue weighted by atomic mass is 10.2. The fourth-order valence-electron chi connectivity index (χ4n) is 2.13. The molecule has 0 aliphatic carbocycles. The molecule has 3 rings (SSSR count). The van der Waals surface area contributed by atoms with Gasteiger partial charge in [-0.1, -0.05) is 52.5 Å². The quantitative estimate of drug-likeness (QED) is 0.430. The Hall–Kier alpha value is -1.74. The summed E-state index contributed by atoms with van der Waals surface area (Å²) in [6, 6.07) is 12.5. The van der Waals surface area contributed by atoms with Crippen molar-refractivity contribution in [3.05, 3.63) is 73.1 Å². The molecule has 0 saturated carbocycles. The smallest absolute Gasteiger partial charge is 0.136 e. The van der Waals surface area contributed by atoms with Crippen molar-refractivity contribution in [1.29, 1.82) is 5.26 Å². The summed E-state index contributed by atoms with van der Waals surface area (Å²) >= 11 is 25.6. The summed E-state index contributed by atoms with van der Waals surface area (Å²) in [6.45, 7) is 0. The molecule has 3 aromatic rings. The van der Waals surface area contributed by atoms with Crippen molar-refractivity contribution in [1.82, 2.24) is 4.98 Å². The van der Waals surface area contributed by atoms with E-state index in [2.05, 4.69) is 16.4 Å². The SMILES string of the molecule is N#C/C(=C\Nc1cccc(Cl)c1Cl)c1nc(-c2ccc(Cl)cc2Cl)cs1. The van der Waals surface area contributed by atoms with E-state index >= 15 is 0 Å². The van der Waals surface area contributed by atoms with E-state index in [1.165, 1.54) is 11.3 Å². The highest BCUT2D eigenvalue weighted by Crippen LogP contribution is 2.33. The van der Waals surface area contributed by atoms with Gasteiger partial charge in [0.05, 0.1) is 26.4 Å². The zero-order valence-electron chi connectivity index (χ0n) is 12.9. The molecule has 0 aliphatic rings. The number of rotatable bonds is 4. The van der Waals surface area contributed by atoms with E-state index in [9.17, 15) is 5.26 Å². The minimum absolute atomic E-state index is 0.363. The zero-order chi connectivity index (χ0) is 18.7. The predicted molar refractivity (Wildman–Crippen MR) is 111 cm³/mol. The molecule has 2 aromatic carbocycles. The molecule has 26 heavy (non-hydrogen) atoms. The third-order valence-corrected chi connectivity index (χ3v) is 5.63. The van der Waals surface area contributed by atoms with E-state index in [-0.39, 0.29) is 0 Å². The van der Waals surface area contributed by atoms with Crippen LogP contribution in [-0.4, -0.2) is 4.98 Å². The number of thiazole rings is 1. The molecule has 0 aliphatic heterocycles. The molecule has 0 fully saturated rings. The van der Waals surface area contributed by atoms with Crippen LogP contribution in [-0.2, 0) is 0 Å². The maximum atomic E-state index is 9.46. The van der Waals surface area contributed by atoms with Crippen LogP contribution in [0.4, 0.5) is 5.69 Å². The topological polar surface area (TPSA) is 48.7 Å². The first-order valence-corrected chi connectivity index (χ1v) is 9.61. The summed E-state index contributed by atoms with van der Waals surface area (Å²) in [5, 5.41) is 16.7. The van der Waals surface area contributed by atoms with Crippen LogP contribution in [0.2, 0.25) is 20.1 Å². The van der Waals surface area contributed by atoms with Gasteiger partial charge in [-0.05, 0) is 30.3 Å². The largest absolute Gasteiger partial charge is 0.359 e. The molecule has 0 atom stereocenters. The van der Waals surface area contributed by atoms with Gasteiger partial charge in [0.15, 0.2) is 0 Å². The van der Waals surface area contributed by atoms with Crippen LogP contribution < -0.4 is 5.32 Å². The fraction of sp³-hybridized carbons (Fsp3) is 0. The molecule has 0 bridgehead atoms. The van der Waals surface area contributed by atoms with E-state index < -0.39 is 0 Å². The fourth-order valence-corrected chi connectivity index (χ4v) is 3.77. The van der Waals surface area contributed by atoms with Crippen molar-refractivity contribution in [2.75, 3.05) is 5.32 Å². The van der Waals surface area contributed by atoms with Crippen molar-refractivity contribution < 1.29 is 0 Å². The Balaban J connectivity index is 1.89. The van der Waals surface area contributed by atoms with Crippen LogP contribution in [0, 0.1) is 11.3 Å². The van der Waals surface area contributed by atoms with Gasteiger partial charge in [0.1, 0.15) is 16.6 Å². The second-order valence-electron chi connectivity index (χ2n) is 5.08. The van der Waals surface area contributed by atoms with Crippen molar-refractivity contribution in [2.45, 2.75) is 0 Å². The molecule has 0 amide bonds. The monoisotopic (exact) mass is 439 g/mol. The second kappa shape index (κ2) is 8.30. The molecule has 1 heterocycles. The number of halogens is 4. The first-order chi connectivity index (χ1) is 12.5. The number of hydrogen-bond acceptors (Lipinski definition) is 4. The molecule has 1 N–H and O–H groups in total. The van der Waals surface area contributed by atoms with Gasteiger partial charge in [-0.15, -0.1) is 11.3 Å². The van der Waals surface area contributed by atoms with Gasteiger partial charge in [-0.3, -0.25) is 0 Å². The molecule has 0 unspecified atom stereocenters. The van der Waals surface area contributed by atoms with Crippen molar-refractivity contribution in [2.24, 2.45) is 0 Å². The number of nitrogens with zero attached hydrogens (tertiary/aromatic N) is 2. The molecule has 1 aromatic heterocycles. The number of nitriles is 1. The van der Waals surface area contributed by atoms with Gasteiger partial charge in [0, 0.05) is 22.2 Å². The van der Waals surface area contributed by atoms with Crippen molar-refractivity contribution >= 4 is 69.0 Å². The summed E-state index contributed by atoms with van der Waals surface area (Å²) in [5.41, 5.74) is 2.39. The first-order valence-electron chi connectivity index (χ1n) is 7.21. The normalized spacial score (nSPS) is 11.3. The van der Waals surface area contributed by atoms with Gasteiger partial charge in [0.2, 0.25) is 0 Å². The Morgan fingerprint density at radius 2 is 1.92 bits per heavy atom. The van der Waals surface area contributed by atoms with Crippen molar-refractivity contribution in [3.8, 4) is 17.3 Å². The van der Waals surface area contributed by atoms with E-state index in [0.29, 0.717) is 42.1 Å². The maximum Gasteiger partial charge on any atom is 0.136 e. The van der Waals surface area contributed by atoms with Crippen molar-refractivity contribution in [3.63, 3.8) is 0 Å². The number of nitrogens with one attached hydrogen (secondary N) is 1. The highest BCUT2D eigenvalue weighted by Gasteiger charge is 2.12. The van der Waals surface area contributed by atoms with E-state index in [4.69, 9.17) is 46.4 Å². The van der Waals surface area contributed by atoms with E-state index in [1.807, 2.05) is 5.38 Å². The minimum Gasteiger partial charge on any atom is -0.359 e. The highest BCUT2D eigenvalue weighted by atomic mass is 35.5. The Morgan fingerprint density at radius 3 is 2.65 bits per heavy atom. The molecular formula is C18H9Cl4N3S. The molecule has 130 valence electrons. The average molecular weight is 441 g/mol. The molecule has 3 nitrogen and oxygen atoms in total. The predicted octanol–water partition coefficient (Wildman–Crippen LogP) is 7.40. The average Bonchev–Trinajstić information content (AvgIpc) is 3.08. The number of aromatic nitrogens is 1. The van der Waals surface area contributed by atoms with Crippen LogP contribution >= 0.6 is 57.7 Å². The summed E-state index contributed by atoms with van der Waals surface area (Å²) < 4.78 is 0. The van der Waals surface area contributed by atoms with Gasteiger partial charge in [-0.2, -0.15) is 5.26 Å². The van der Waals surface area contributed by atoms with Gasteiger partial charge >= 0.3 is 0 Å². The van der Waals surface area contributed by atoms with Crippen LogP contribution in [0.5, 0.6) is 0 Å². The van der Waals surface area contributed by atoms with E-state index in [1.54, 1.807) is 42.6 Å². The number of anilines is 1.